The molecule has 0 spiro atoms. The third kappa shape index (κ3) is 3.88. The SMILES string of the molecule is CC(=O)Oc1ccc(C=Cc2cc(C)c3c(c2)NC(=O)CO3)c(C)c1. The number of esters is 1. The largest absolute Gasteiger partial charge is 0.481 e. The van der Waals surface area contributed by atoms with Crippen molar-refractivity contribution in [1.82, 2.24) is 0 Å². The number of hydrogen-bond donors (Lipinski definition) is 1. The zero-order valence-electron chi connectivity index (χ0n) is 14.4. The number of amides is 1. The smallest absolute Gasteiger partial charge is 0.308 e. The Bertz CT molecular complexity index is 884. The molecule has 0 saturated carbocycles. The van der Waals surface area contributed by atoms with Crippen LogP contribution in [0.25, 0.3) is 12.2 Å². The number of fused-ring (bicyclic) bond motifs is 1. The fourth-order valence-electron chi connectivity index (χ4n) is 2.76. The lowest BCUT2D eigenvalue weighted by atomic mass is 10.0. The van der Waals surface area contributed by atoms with E-state index in [9.17, 15) is 9.59 Å². The third-order valence-electron chi connectivity index (χ3n) is 3.88. The molecular weight excluding hydrogens is 318 g/mol. The van der Waals surface area contributed by atoms with Crippen molar-refractivity contribution in [2.75, 3.05) is 11.9 Å². The van der Waals surface area contributed by atoms with Gasteiger partial charge < -0.3 is 14.8 Å². The quantitative estimate of drug-likeness (QED) is 0.526. The number of rotatable bonds is 3. The molecule has 0 aromatic heterocycles. The van der Waals surface area contributed by atoms with E-state index in [1.165, 1.54) is 6.92 Å². The van der Waals surface area contributed by atoms with Gasteiger partial charge >= 0.3 is 5.97 Å². The maximum atomic E-state index is 11.5. The van der Waals surface area contributed by atoms with Crippen LogP contribution in [-0.2, 0) is 9.59 Å². The van der Waals surface area contributed by atoms with E-state index in [4.69, 9.17) is 9.47 Å². The van der Waals surface area contributed by atoms with Gasteiger partial charge in [0, 0.05) is 6.92 Å². The predicted molar refractivity (Wildman–Crippen MR) is 96.7 cm³/mol. The summed E-state index contributed by atoms with van der Waals surface area (Å²) in [5.41, 5.74) is 4.65. The molecule has 0 radical (unpaired) electrons. The molecule has 1 heterocycles. The van der Waals surface area contributed by atoms with Gasteiger partial charge in [-0.2, -0.15) is 0 Å². The van der Waals surface area contributed by atoms with Crippen LogP contribution in [0.4, 0.5) is 5.69 Å². The molecule has 1 aliphatic heterocycles. The monoisotopic (exact) mass is 337 g/mol. The summed E-state index contributed by atoms with van der Waals surface area (Å²) in [6, 6.07) is 9.39. The third-order valence-corrected chi connectivity index (χ3v) is 3.88. The lowest BCUT2D eigenvalue weighted by molar-refractivity contribution is -0.131. The van der Waals surface area contributed by atoms with Gasteiger partial charge in [-0.3, -0.25) is 9.59 Å². The first kappa shape index (κ1) is 16.8. The summed E-state index contributed by atoms with van der Waals surface area (Å²) in [4.78, 5) is 22.5. The Labute approximate surface area is 146 Å². The molecule has 128 valence electrons. The summed E-state index contributed by atoms with van der Waals surface area (Å²) in [7, 11) is 0. The van der Waals surface area contributed by atoms with E-state index < -0.39 is 0 Å². The van der Waals surface area contributed by atoms with E-state index in [0.29, 0.717) is 11.4 Å². The molecule has 5 heteroatoms. The summed E-state index contributed by atoms with van der Waals surface area (Å²) in [5, 5.41) is 2.83. The zero-order chi connectivity index (χ0) is 18.0. The zero-order valence-corrected chi connectivity index (χ0v) is 14.4. The summed E-state index contributed by atoms with van der Waals surface area (Å²) >= 11 is 0. The van der Waals surface area contributed by atoms with Gasteiger partial charge in [0.25, 0.3) is 5.91 Å². The molecule has 5 nitrogen and oxygen atoms in total. The second kappa shape index (κ2) is 6.81. The summed E-state index contributed by atoms with van der Waals surface area (Å²) in [6.07, 6.45) is 3.96. The van der Waals surface area contributed by atoms with Crippen LogP contribution in [-0.4, -0.2) is 18.5 Å². The Morgan fingerprint density at radius 3 is 2.68 bits per heavy atom. The Morgan fingerprint density at radius 1 is 1.16 bits per heavy atom. The number of benzene rings is 2. The van der Waals surface area contributed by atoms with Gasteiger partial charge in [-0.15, -0.1) is 0 Å². The van der Waals surface area contributed by atoms with Crippen LogP contribution in [0.3, 0.4) is 0 Å². The average molecular weight is 337 g/mol. The van der Waals surface area contributed by atoms with Crippen LogP contribution in [0.2, 0.25) is 0 Å². The van der Waals surface area contributed by atoms with Gasteiger partial charge in [0.1, 0.15) is 11.5 Å². The number of carbonyl (C=O) groups excluding carboxylic acids is 2. The van der Waals surface area contributed by atoms with Crippen molar-refractivity contribution in [3.8, 4) is 11.5 Å². The Morgan fingerprint density at radius 2 is 1.96 bits per heavy atom. The van der Waals surface area contributed by atoms with Gasteiger partial charge in [0.05, 0.1) is 5.69 Å². The Hall–Kier alpha value is -3.08. The van der Waals surface area contributed by atoms with E-state index in [2.05, 4.69) is 5.32 Å². The minimum absolute atomic E-state index is 0.0525. The molecule has 2 aromatic carbocycles. The Kier molecular flexibility index (Phi) is 4.57. The van der Waals surface area contributed by atoms with Crippen LogP contribution in [0.15, 0.2) is 30.3 Å². The first-order valence-corrected chi connectivity index (χ1v) is 7.97. The molecule has 0 aliphatic carbocycles. The molecule has 3 rings (SSSR count). The fourth-order valence-corrected chi connectivity index (χ4v) is 2.76. The van der Waals surface area contributed by atoms with Gasteiger partial charge in [-0.1, -0.05) is 18.2 Å². The number of ether oxygens (including phenoxy) is 2. The molecule has 0 fully saturated rings. The topological polar surface area (TPSA) is 64.6 Å². The normalized spacial score (nSPS) is 13.2. The van der Waals surface area contributed by atoms with Gasteiger partial charge in [0.15, 0.2) is 6.61 Å². The molecule has 0 unspecified atom stereocenters. The summed E-state index contributed by atoms with van der Waals surface area (Å²) < 4.78 is 10.6. The number of anilines is 1. The van der Waals surface area contributed by atoms with Gasteiger partial charge in [-0.25, -0.2) is 0 Å². The predicted octanol–water partition coefficient (Wildman–Crippen LogP) is 3.73. The maximum Gasteiger partial charge on any atom is 0.308 e. The first-order valence-electron chi connectivity index (χ1n) is 7.97. The van der Waals surface area contributed by atoms with E-state index in [0.717, 1.165) is 28.0 Å². The summed E-state index contributed by atoms with van der Waals surface area (Å²) in [5.74, 6) is 0.770. The van der Waals surface area contributed by atoms with Gasteiger partial charge in [0.2, 0.25) is 0 Å². The van der Waals surface area contributed by atoms with Crippen LogP contribution in [0.1, 0.15) is 29.2 Å². The highest BCUT2D eigenvalue weighted by atomic mass is 16.5. The molecule has 2 aromatic rings. The highest BCUT2D eigenvalue weighted by molar-refractivity contribution is 5.96. The molecule has 0 bridgehead atoms. The van der Waals surface area contributed by atoms with Gasteiger partial charge in [-0.05, 0) is 60.4 Å². The second-order valence-electron chi connectivity index (χ2n) is 6.00. The number of carbonyl (C=O) groups is 2. The van der Waals surface area contributed by atoms with E-state index >= 15 is 0 Å². The minimum Gasteiger partial charge on any atom is -0.481 e. The molecule has 25 heavy (non-hydrogen) atoms. The molecule has 0 saturated heterocycles. The lowest BCUT2D eigenvalue weighted by Crippen LogP contribution is -2.25. The van der Waals surface area contributed by atoms with Crippen molar-refractivity contribution < 1.29 is 19.1 Å². The maximum absolute atomic E-state index is 11.5. The number of hydrogen-bond acceptors (Lipinski definition) is 4. The van der Waals surface area contributed by atoms with E-state index in [-0.39, 0.29) is 18.5 Å². The van der Waals surface area contributed by atoms with Crippen LogP contribution < -0.4 is 14.8 Å². The highest BCUT2D eigenvalue weighted by Gasteiger charge is 2.18. The molecule has 1 amide bonds. The van der Waals surface area contributed by atoms with Crippen LogP contribution in [0, 0.1) is 13.8 Å². The standard InChI is InChI=1S/C20H19NO4/c1-12-9-17(25-14(3)22)7-6-16(12)5-4-15-8-13(2)20-18(10-15)21-19(23)11-24-20/h4-10H,11H2,1-3H3,(H,21,23). The summed E-state index contributed by atoms with van der Waals surface area (Å²) in [6.45, 7) is 5.34. The molecule has 1 N–H and O–H groups in total. The van der Waals surface area contributed by atoms with Crippen molar-refractivity contribution in [1.29, 1.82) is 0 Å². The van der Waals surface area contributed by atoms with Crippen LogP contribution >= 0.6 is 0 Å². The number of aryl methyl sites for hydroxylation is 2. The van der Waals surface area contributed by atoms with Crippen molar-refractivity contribution in [2.45, 2.75) is 20.8 Å². The van der Waals surface area contributed by atoms with Crippen molar-refractivity contribution >= 4 is 29.7 Å². The van der Waals surface area contributed by atoms with E-state index in [1.807, 2.05) is 50.3 Å². The second-order valence-corrected chi connectivity index (χ2v) is 6.00. The van der Waals surface area contributed by atoms with Crippen molar-refractivity contribution in [3.63, 3.8) is 0 Å². The molecule has 0 atom stereocenters. The van der Waals surface area contributed by atoms with Crippen LogP contribution in [0.5, 0.6) is 11.5 Å². The first-order chi connectivity index (χ1) is 11.9. The molecular formula is C20H19NO4. The highest BCUT2D eigenvalue weighted by Crippen LogP contribution is 2.33. The van der Waals surface area contributed by atoms with Crippen molar-refractivity contribution in [3.05, 3.63) is 52.6 Å². The fraction of sp³-hybridized carbons (Fsp3) is 0.200. The lowest BCUT2D eigenvalue weighted by Gasteiger charge is -2.20. The van der Waals surface area contributed by atoms with E-state index in [1.54, 1.807) is 6.07 Å². The van der Waals surface area contributed by atoms with Crippen molar-refractivity contribution in [2.24, 2.45) is 0 Å². The minimum atomic E-state index is -0.337. The number of nitrogens with one attached hydrogen (secondary N) is 1. The Balaban J connectivity index is 1.85. The average Bonchev–Trinajstić information content (AvgIpc) is 2.53. The molecule has 1 aliphatic rings.